The van der Waals surface area contributed by atoms with Gasteiger partial charge in [-0.15, -0.1) is 0 Å². The molecule has 0 unspecified atom stereocenters. The maximum atomic E-state index is 12.0. The number of nitrogens with one attached hydrogen (secondary N) is 1. The number of fused-ring (bicyclic) bond motifs is 2. The first-order valence-corrected chi connectivity index (χ1v) is 8.53. The van der Waals surface area contributed by atoms with Gasteiger partial charge in [-0.2, -0.15) is 0 Å². The predicted molar refractivity (Wildman–Crippen MR) is 88.3 cm³/mol. The number of alkyl halides is 3. The van der Waals surface area contributed by atoms with E-state index in [0.717, 1.165) is 60.3 Å². The van der Waals surface area contributed by atoms with Gasteiger partial charge in [0.05, 0.1) is 5.69 Å². The lowest BCUT2D eigenvalue weighted by atomic mass is 10.0. The Balaban J connectivity index is 1.84. The van der Waals surface area contributed by atoms with Gasteiger partial charge in [-0.25, -0.2) is 4.79 Å². The maximum absolute atomic E-state index is 12.0. The van der Waals surface area contributed by atoms with Crippen LogP contribution < -0.4 is 5.32 Å². The molecule has 3 rings (SSSR count). The first-order chi connectivity index (χ1) is 10.3. The number of halogens is 3. The highest BCUT2D eigenvalue weighted by Crippen LogP contribution is 2.41. The summed E-state index contributed by atoms with van der Waals surface area (Å²) in [7, 11) is 0. The summed E-state index contributed by atoms with van der Waals surface area (Å²) in [5.41, 5.74) is 5.36. The molecule has 0 aromatic carbocycles. The highest BCUT2D eigenvalue weighted by Gasteiger charge is 2.30. The van der Waals surface area contributed by atoms with Crippen LogP contribution in [0.1, 0.15) is 48.2 Å². The number of hydrogen-bond donors (Lipinski definition) is 1. The van der Waals surface area contributed by atoms with Crippen molar-refractivity contribution in [2.24, 2.45) is 0 Å². The number of anilines is 1. The van der Waals surface area contributed by atoms with Gasteiger partial charge in [0.25, 0.3) is 0 Å². The third-order valence-electron chi connectivity index (χ3n) is 4.24. The first kappa shape index (κ1) is 16.2. The van der Waals surface area contributed by atoms with E-state index in [1.54, 1.807) is 0 Å². The molecular formula is C15H17Cl3N2O2. The Morgan fingerprint density at radius 2 is 2.09 bits per heavy atom. The molecule has 4 nitrogen and oxygen atoms in total. The largest absolute Gasteiger partial charge is 0.445 e. The van der Waals surface area contributed by atoms with Crippen molar-refractivity contribution in [2.45, 2.75) is 48.7 Å². The standard InChI is InChI=1S/C15H17Cl3N2O2/c1-8-5-6-10-12(8)19-11-4-2-3-9(11)13(10)20-14(21)22-7-15(16,17)18/h8H,2-7H2,1H3,(H,19,20,21)/t8-/m0/s1. The van der Waals surface area contributed by atoms with Gasteiger partial charge < -0.3 is 4.74 Å². The number of rotatable bonds is 2. The van der Waals surface area contributed by atoms with Gasteiger partial charge in [-0.05, 0) is 49.1 Å². The smallest absolute Gasteiger partial charge is 0.411 e. The van der Waals surface area contributed by atoms with Gasteiger partial charge in [-0.3, -0.25) is 10.3 Å². The fourth-order valence-corrected chi connectivity index (χ4v) is 3.40. The van der Waals surface area contributed by atoms with Crippen molar-refractivity contribution in [1.82, 2.24) is 4.98 Å². The lowest BCUT2D eigenvalue weighted by Crippen LogP contribution is -2.22. The van der Waals surface area contributed by atoms with Crippen LogP contribution in [0, 0.1) is 0 Å². The second kappa shape index (κ2) is 6.06. The number of nitrogens with zero attached hydrogens (tertiary/aromatic N) is 1. The molecule has 0 saturated heterocycles. The molecule has 0 radical (unpaired) electrons. The van der Waals surface area contributed by atoms with Crippen molar-refractivity contribution in [3.05, 3.63) is 22.5 Å². The molecule has 22 heavy (non-hydrogen) atoms. The van der Waals surface area contributed by atoms with E-state index in [9.17, 15) is 4.79 Å². The molecule has 0 bridgehead atoms. The van der Waals surface area contributed by atoms with Crippen LogP contribution in [0.5, 0.6) is 0 Å². The zero-order chi connectivity index (χ0) is 15.9. The van der Waals surface area contributed by atoms with E-state index in [-0.39, 0.29) is 6.61 Å². The molecule has 0 saturated carbocycles. The Hall–Kier alpha value is -0.710. The maximum Gasteiger partial charge on any atom is 0.411 e. The number of amides is 1. The number of carbonyl (C=O) groups excluding carboxylic acids is 1. The van der Waals surface area contributed by atoms with E-state index >= 15 is 0 Å². The number of carbonyl (C=O) groups is 1. The minimum atomic E-state index is -1.60. The highest BCUT2D eigenvalue weighted by molar-refractivity contribution is 6.67. The van der Waals surface area contributed by atoms with Gasteiger partial charge in [0.2, 0.25) is 3.79 Å². The summed E-state index contributed by atoms with van der Waals surface area (Å²) in [6.07, 6.45) is 4.36. The molecule has 0 aliphatic heterocycles. The topological polar surface area (TPSA) is 51.2 Å². The van der Waals surface area contributed by atoms with Gasteiger partial charge in [0.15, 0.2) is 0 Å². The Labute approximate surface area is 144 Å². The first-order valence-electron chi connectivity index (χ1n) is 7.40. The summed E-state index contributed by atoms with van der Waals surface area (Å²) in [6.45, 7) is 1.89. The monoisotopic (exact) mass is 362 g/mol. The summed E-state index contributed by atoms with van der Waals surface area (Å²) >= 11 is 16.8. The summed E-state index contributed by atoms with van der Waals surface area (Å²) in [5, 5.41) is 2.86. The SMILES string of the molecule is C[C@H]1CCc2c1nc1c(c2NC(=O)OCC(Cl)(Cl)Cl)CCC1. The number of ether oxygens (including phenoxy) is 1. The third kappa shape index (κ3) is 3.29. The molecule has 2 aliphatic carbocycles. The predicted octanol–water partition coefficient (Wildman–Crippen LogP) is 4.54. The van der Waals surface area contributed by atoms with Gasteiger partial charge >= 0.3 is 6.09 Å². The molecule has 1 N–H and O–H groups in total. The van der Waals surface area contributed by atoms with Gasteiger partial charge in [0.1, 0.15) is 6.61 Å². The van der Waals surface area contributed by atoms with Crippen LogP contribution >= 0.6 is 34.8 Å². The van der Waals surface area contributed by atoms with E-state index in [4.69, 9.17) is 44.5 Å². The van der Waals surface area contributed by atoms with E-state index in [2.05, 4.69) is 12.2 Å². The van der Waals surface area contributed by atoms with E-state index in [0.29, 0.717) is 5.92 Å². The average molecular weight is 364 g/mol. The zero-order valence-corrected chi connectivity index (χ0v) is 14.5. The van der Waals surface area contributed by atoms with Crippen LogP contribution in [0.25, 0.3) is 0 Å². The van der Waals surface area contributed by atoms with Crippen LogP contribution in [0.2, 0.25) is 0 Å². The van der Waals surface area contributed by atoms with Crippen molar-refractivity contribution >= 4 is 46.6 Å². The fraction of sp³-hybridized carbons (Fsp3) is 0.600. The zero-order valence-electron chi connectivity index (χ0n) is 12.2. The molecule has 0 spiro atoms. The molecule has 1 amide bonds. The van der Waals surface area contributed by atoms with Crippen LogP contribution in [-0.2, 0) is 24.0 Å². The molecule has 120 valence electrons. The number of aryl methyl sites for hydroxylation is 1. The van der Waals surface area contributed by atoms with Crippen molar-refractivity contribution in [2.75, 3.05) is 11.9 Å². The fourth-order valence-electron chi connectivity index (χ4n) is 3.24. The molecule has 1 aromatic heterocycles. The summed E-state index contributed by atoms with van der Waals surface area (Å²) < 4.78 is 3.39. The Morgan fingerprint density at radius 3 is 2.82 bits per heavy atom. The lowest BCUT2D eigenvalue weighted by molar-refractivity contribution is 0.164. The quantitative estimate of drug-likeness (QED) is 0.785. The number of pyridine rings is 1. The molecule has 1 heterocycles. The molecule has 0 fully saturated rings. The van der Waals surface area contributed by atoms with Crippen LogP contribution in [-0.4, -0.2) is 21.5 Å². The molecular weight excluding hydrogens is 347 g/mol. The summed E-state index contributed by atoms with van der Waals surface area (Å²) in [4.78, 5) is 16.8. The normalized spacial score (nSPS) is 19.7. The number of aromatic nitrogens is 1. The lowest BCUT2D eigenvalue weighted by Gasteiger charge is -2.17. The van der Waals surface area contributed by atoms with Gasteiger partial charge in [-0.1, -0.05) is 41.7 Å². The van der Waals surface area contributed by atoms with E-state index in [1.807, 2.05) is 0 Å². The average Bonchev–Trinajstić information content (AvgIpc) is 3.03. The van der Waals surface area contributed by atoms with Crippen molar-refractivity contribution < 1.29 is 9.53 Å². The second-order valence-corrected chi connectivity index (χ2v) is 8.40. The molecule has 1 aromatic rings. The Morgan fingerprint density at radius 1 is 1.32 bits per heavy atom. The van der Waals surface area contributed by atoms with Crippen LogP contribution in [0.15, 0.2) is 0 Å². The van der Waals surface area contributed by atoms with Crippen molar-refractivity contribution in [3.8, 4) is 0 Å². The van der Waals surface area contributed by atoms with Gasteiger partial charge in [0, 0.05) is 11.4 Å². The van der Waals surface area contributed by atoms with Crippen molar-refractivity contribution in [3.63, 3.8) is 0 Å². The molecule has 7 heteroatoms. The van der Waals surface area contributed by atoms with E-state index < -0.39 is 9.89 Å². The second-order valence-electron chi connectivity index (χ2n) is 5.89. The third-order valence-corrected chi connectivity index (χ3v) is 4.57. The highest BCUT2D eigenvalue weighted by atomic mass is 35.6. The van der Waals surface area contributed by atoms with E-state index in [1.165, 1.54) is 0 Å². The van der Waals surface area contributed by atoms with Crippen LogP contribution in [0.4, 0.5) is 10.5 Å². The van der Waals surface area contributed by atoms with Crippen molar-refractivity contribution in [1.29, 1.82) is 0 Å². The number of hydrogen-bond acceptors (Lipinski definition) is 3. The Kier molecular flexibility index (Phi) is 4.45. The minimum absolute atomic E-state index is 0.282. The Bertz CT molecular complexity index is 614. The summed E-state index contributed by atoms with van der Waals surface area (Å²) in [6, 6.07) is 0. The summed E-state index contributed by atoms with van der Waals surface area (Å²) in [5.74, 6) is 0.429. The van der Waals surface area contributed by atoms with Crippen LogP contribution in [0.3, 0.4) is 0 Å². The molecule has 1 atom stereocenters. The minimum Gasteiger partial charge on any atom is -0.445 e. The molecule has 2 aliphatic rings.